The molecule has 0 unspecified atom stereocenters. The van der Waals surface area contributed by atoms with Crippen LogP contribution < -0.4 is 0 Å². The van der Waals surface area contributed by atoms with Crippen LogP contribution >= 0.6 is 24.8 Å². The molecule has 0 N–H and O–H groups in total. The maximum atomic E-state index is 3.79. The number of fused-ring (bicyclic) bond motifs is 1. The number of rotatable bonds is 0. The summed E-state index contributed by atoms with van der Waals surface area (Å²) in [5.41, 5.74) is 1.03. The molecule has 0 aliphatic heterocycles. The summed E-state index contributed by atoms with van der Waals surface area (Å²) in [7, 11) is 0. The van der Waals surface area contributed by atoms with Gasteiger partial charge in [-0.2, -0.15) is 0 Å². The molecule has 2 aromatic heterocycles. The first-order valence-electron chi connectivity index (χ1n) is 2.72. The second-order valence-corrected chi connectivity index (χ2v) is 1.80. The Morgan fingerprint density at radius 1 is 1.18 bits per heavy atom. The lowest BCUT2D eigenvalue weighted by Gasteiger charge is -1.84. The number of aromatic nitrogens is 3. The van der Waals surface area contributed by atoms with Crippen LogP contribution in [0.4, 0.5) is 0 Å². The van der Waals surface area contributed by atoms with Crippen LogP contribution in [0.1, 0.15) is 0 Å². The van der Waals surface area contributed by atoms with Crippen LogP contribution in [0, 0.1) is 0 Å². The van der Waals surface area contributed by atoms with Crippen molar-refractivity contribution in [1.29, 1.82) is 0 Å². The summed E-state index contributed by atoms with van der Waals surface area (Å²) in [4.78, 5) is 0. The minimum Gasteiger partial charge on any atom is -0.221 e. The molecule has 2 heterocycles. The molecular weight excluding hydrogens is 185 g/mol. The highest BCUT2D eigenvalue weighted by Gasteiger charge is 1.86. The van der Waals surface area contributed by atoms with E-state index in [1.165, 1.54) is 0 Å². The van der Waals surface area contributed by atoms with Gasteiger partial charge in [-0.05, 0) is 12.1 Å². The first-order chi connectivity index (χ1) is 4.47. The van der Waals surface area contributed by atoms with Crippen LogP contribution in [-0.4, -0.2) is 14.8 Å². The molecule has 0 atom stereocenters. The molecule has 0 spiro atoms. The van der Waals surface area contributed by atoms with E-state index >= 15 is 0 Å². The molecule has 2 aromatic rings. The van der Waals surface area contributed by atoms with Gasteiger partial charge in [0.15, 0.2) is 0 Å². The zero-order valence-electron chi connectivity index (χ0n) is 5.54. The van der Waals surface area contributed by atoms with Gasteiger partial charge in [0.2, 0.25) is 0 Å². The van der Waals surface area contributed by atoms with Crippen molar-refractivity contribution in [3.05, 3.63) is 30.6 Å². The fourth-order valence-corrected chi connectivity index (χ4v) is 0.772. The molecule has 0 amide bonds. The Bertz CT molecular complexity index is 290. The van der Waals surface area contributed by atoms with E-state index in [-0.39, 0.29) is 24.8 Å². The molecule has 0 fully saturated rings. The predicted octanol–water partition coefficient (Wildman–Crippen LogP) is 1.57. The summed E-state index contributed by atoms with van der Waals surface area (Å²) in [5, 5.41) is 7.50. The molecule has 0 radical (unpaired) electrons. The van der Waals surface area contributed by atoms with Crippen molar-refractivity contribution in [2.45, 2.75) is 0 Å². The van der Waals surface area contributed by atoms with E-state index in [1.54, 1.807) is 10.7 Å². The Hall–Kier alpha value is -0.800. The lowest BCUT2D eigenvalue weighted by molar-refractivity contribution is 0.855. The van der Waals surface area contributed by atoms with Crippen molar-refractivity contribution in [3.8, 4) is 0 Å². The zero-order chi connectivity index (χ0) is 6.10. The highest BCUT2D eigenvalue weighted by molar-refractivity contribution is 5.85. The molecule has 0 saturated heterocycles. The third kappa shape index (κ3) is 1.82. The van der Waals surface area contributed by atoms with Crippen LogP contribution in [0.15, 0.2) is 30.6 Å². The average Bonchev–Trinajstić information content (AvgIpc) is 2.33. The smallest absolute Gasteiger partial charge is 0.0864 e. The maximum absolute atomic E-state index is 3.79. The van der Waals surface area contributed by atoms with Gasteiger partial charge in [0, 0.05) is 6.20 Å². The van der Waals surface area contributed by atoms with Gasteiger partial charge < -0.3 is 0 Å². The quantitative estimate of drug-likeness (QED) is 0.634. The van der Waals surface area contributed by atoms with E-state index in [2.05, 4.69) is 10.3 Å². The van der Waals surface area contributed by atoms with E-state index in [1.807, 2.05) is 24.4 Å². The lowest BCUT2D eigenvalue weighted by atomic mass is 10.4. The molecule has 0 bridgehead atoms. The minimum absolute atomic E-state index is 0. The third-order valence-corrected chi connectivity index (χ3v) is 1.21. The summed E-state index contributed by atoms with van der Waals surface area (Å²) in [6.07, 6.45) is 3.59. The summed E-state index contributed by atoms with van der Waals surface area (Å²) in [6, 6.07) is 5.83. The van der Waals surface area contributed by atoms with Gasteiger partial charge in [0.1, 0.15) is 0 Å². The highest BCUT2D eigenvalue weighted by Crippen LogP contribution is 1.95. The first kappa shape index (κ1) is 10.2. The fourth-order valence-electron chi connectivity index (χ4n) is 0.772. The highest BCUT2D eigenvalue weighted by atomic mass is 35.5. The van der Waals surface area contributed by atoms with E-state index in [4.69, 9.17) is 0 Å². The summed E-state index contributed by atoms with van der Waals surface area (Å²) >= 11 is 0. The molecule has 11 heavy (non-hydrogen) atoms. The Kier molecular flexibility index (Phi) is 3.85. The second-order valence-electron chi connectivity index (χ2n) is 1.80. The van der Waals surface area contributed by atoms with Crippen LogP contribution in [0.5, 0.6) is 0 Å². The monoisotopic (exact) mass is 191 g/mol. The van der Waals surface area contributed by atoms with Gasteiger partial charge in [-0.15, -0.1) is 29.9 Å². The van der Waals surface area contributed by atoms with Gasteiger partial charge in [-0.3, -0.25) is 0 Å². The van der Waals surface area contributed by atoms with Crippen LogP contribution in [0.2, 0.25) is 0 Å². The third-order valence-electron chi connectivity index (χ3n) is 1.21. The van der Waals surface area contributed by atoms with Crippen molar-refractivity contribution in [2.24, 2.45) is 0 Å². The van der Waals surface area contributed by atoms with Crippen LogP contribution in [-0.2, 0) is 0 Å². The standard InChI is InChI=1S/C6H5N3.2ClH/c1-2-4-9-6(3-1)5-7-8-9;;/h1-5H;2*1H. The number of hydrogen-bond donors (Lipinski definition) is 0. The van der Waals surface area contributed by atoms with Crippen molar-refractivity contribution in [1.82, 2.24) is 14.8 Å². The zero-order valence-corrected chi connectivity index (χ0v) is 7.18. The topological polar surface area (TPSA) is 30.2 Å². The molecule has 0 aliphatic carbocycles. The SMILES string of the molecule is Cl.Cl.c1ccn2nncc2c1. The average molecular weight is 192 g/mol. The van der Waals surface area contributed by atoms with Crippen molar-refractivity contribution >= 4 is 30.3 Å². The van der Waals surface area contributed by atoms with E-state index in [9.17, 15) is 0 Å². The van der Waals surface area contributed by atoms with E-state index in [0.717, 1.165) is 5.52 Å². The Morgan fingerprint density at radius 2 is 2.00 bits per heavy atom. The number of nitrogens with zero attached hydrogens (tertiary/aromatic N) is 3. The van der Waals surface area contributed by atoms with Gasteiger partial charge >= 0.3 is 0 Å². The largest absolute Gasteiger partial charge is 0.221 e. The molecule has 0 saturated carbocycles. The molecule has 3 nitrogen and oxygen atoms in total. The lowest BCUT2D eigenvalue weighted by Crippen LogP contribution is -1.82. The molecular formula is C6H7Cl2N3. The molecule has 2 rings (SSSR count). The molecule has 0 aliphatic rings. The van der Waals surface area contributed by atoms with Gasteiger partial charge in [0.05, 0.1) is 11.7 Å². The van der Waals surface area contributed by atoms with Crippen LogP contribution in [0.25, 0.3) is 5.52 Å². The van der Waals surface area contributed by atoms with Crippen molar-refractivity contribution < 1.29 is 0 Å². The van der Waals surface area contributed by atoms with Gasteiger partial charge in [-0.25, -0.2) is 4.52 Å². The van der Waals surface area contributed by atoms with Crippen LogP contribution in [0.3, 0.4) is 0 Å². The normalized spacial score (nSPS) is 8.36. The Morgan fingerprint density at radius 3 is 2.73 bits per heavy atom. The van der Waals surface area contributed by atoms with E-state index in [0.29, 0.717) is 0 Å². The minimum atomic E-state index is 0. The fraction of sp³-hybridized carbons (Fsp3) is 0. The number of halogens is 2. The van der Waals surface area contributed by atoms with E-state index < -0.39 is 0 Å². The summed E-state index contributed by atoms with van der Waals surface area (Å²) in [5.74, 6) is 0. The predicted molar refractivity (Wildman–Crippen MR) is 47.5 cm³/mol. The Balaban J connectivity index is 0.000000500. The van der Waals surface area contributed by atoms with Gasteiger partial charge in [0.25, 0.3) is 0 Å². The number of hydrogen-bond acceptors (Lipinski definition) is 2. The second kappa shape index (κ2) is 4.16. The van der Waals surface area contributed by atoms with Crippen molar-refractivity contribution in [3.63, 3.8) is 0 Å². The maximum Gasteiger partial charge on any atom is 0.0864 e. The van der Waals surface area contributed by atoms with Crippen molar-refractivity contribution in [2.75, 3.05) is 0 Å². The molecule has 0 aromatic carbocycles. The first-order valence-corrected chi connectivity index (χ1v) is 2.72. The Labute approximate surface area is 76.2 Å². The summed E-state index contributed by atoms with van der Waals surface area (Å²) < 4.78 is 1.72. The molecule has 5 heteroatoms. The molecule has 60 valence electrons. The van der Waals surface area contributed by atoms with Gasteiger partial charge in [-0.1, -0.05) is 11.3 Å². The number of pyridine rings is 1. The summed E-state index contributed by atoms with van der Waals surface area (Å²) in [6.45, 7) is 0.